The molecular weight excluding hydrogens is 506 g/mol. The standard InChI is InChI=1S/C30H37N7O3/c1-30(2,3)18-37-17-22-19(8-9-24-21(22)16-31-34-24)14-25(28(37)39)33-29(40)36-12-10-35(11-13-36)26-15-20-6-4-5-7-23(20)32-27(26)38/h4-9,16,25-26H,10-15,17-18H2,1-3H3,(H,31,34)(H,32,38)(H,33,40)/t25-,26?/m1/s1. The molecule has 210 valence electrons. The predicted octanol–water partition coefficient (Wildman–Crippen LogP) is 2.75. The van der Waals surface area contributed by atoms with Crippen LogP contribution in [0.3, 0.4) is 0 Å². The van der Waals surface area contributed by atoms with E-state index in [9.17, 15) is 14.4 Å². The maximum atomic E-state index is 13.8. The highest BCUT2D eigenvalue weighted by atomic mass is 16.2. The number of para-hydroxylation sites is 1. The number of carbonyl (C=O) groups is 3. The zero-order valence-corrected chi connectivity index (χ0v) is 23.4. The van der Waals surface area contributed by atoms with Crippen molar-refractivity contribution in [3.8, 4) is 0 Å². The normalized spacial score (nSPS) is 22.0. The van der Waals surface area contributed by atoms with Crippen molar-refractivity contribution in [2.75, 3.05) is 38.0 Å². The molecule has 2 atom stereocenters. The second-order valence-electron chi connectivity index (χ2n) is 12.4. The Morgan fingerprint density at radius 3 is 2.58 bits per heavy atom. The number of carbonyl (C=O) groups excluding carboxylic acids is 3. The van der Waals surface area contributed by atoms with Gasteiger partial charge < -0.3 is 20.4 Å². The number of anilines is 1. The van der Waals surface area contributed by atoms with Crippen LogP contribution in [0, 0.1) is 5.41 Å². The van der Waals surface area contributed by atoms with Gasteiger partial charge in [-0.3, -0.25) is 19.6 Å². The number of fused-ring (bicyclic) bond motifs is 4. The van der Waals surface area contributed by atoms with Crippen LogP contribution >= 0.6 is 0 Å². The molecule has 4 heterocycles. The molecule has 6 rings (SSSR count). The lowest BCUT2D eigenvalue weighted by Gasteiger charge is -2.40. The number of piperazine rings is 1. The van der Waals surface area contributed by atoms with E-state index in [-0.39, 0.29) is 29.3 Å². The average molecular weight is 544 g/mol. The molecule has 3 N–H and O–H groups in total. The minimum absolute atomic E-state index is 0.00462. The quantitative estimate of drug-likeness (QED) is 0.470. The number of nitrogens with zero attached hydrogens (tertiary/aromatic N) is 4. The number of benzene rings is 2. The summed E-state index contributed by atoms with van der Waals surface area (Å²) < 4.78 is 0. The number of rotatable bonds is 3. The lowest BCUT2D eigenvalue weighted by molar-refractivity contribution is -0.134. The van der Waals surface area contributed by atoms with Gasteiger partial charge in [0.1, 0.15) is 6.04 Å². The van der Waals surface area contributed by atoms with Crippen LogP contribution in [0.5, 0.6) is 0 Å². The van der Waals surface area contributed by atoms with E-state index >= 15 is 0 Å². The molecule has 2 aromatic carbocycles. The van der Waals surface area contributed by atoms with E-state index in [1.54, 1.807) is 4.90 Å². The molecule has 1 unspecified atom stereocenters. The third kappa shape index (κ3) is 5.15. The van der Waals surface area contributed by atoms with Crippen molar-refractivity contribution in [2.24, 2.45) is 5.41 Å². The van der Waals surface area contributed by atoms with Crippen LogP contribution in [-0.2, 0) is 29.0 Å². The lowest BCUT2D eigenvalue weighted by Crippen LogP contribution is -2.59. The molecule has 0 saturated carbocycles. The Hall–Kier alpha value is -3.92. The molecule has 1 saturated heterocycles. The Morgan fingerprint density at radius 2 is 1.80 bits per heavy atom. The second kappa shape index (κ2) is 10.2. The molecule has 4 amide bonds. The summed E-state index contributed by atoms with van der Waals surface area (Å²) in [6.07, 6.45) is 2.92. The van der Waals surface area contributed by atoms with Crippen molar-refractivity contribution in [1.29, 1.82) is 0 Å². The van der Waals surface area contributed by atoms with Crippen LogP contribution < -0.4 is 10.6 Å². The number of hydrogen-bond donors (Lipinski definition) is 3. The molecule has 0 bridgehead atoms. The first-order valence-corrected chi connectivity index (χ1v) is 14.1. The van der Waals surface area contributed by atoms with Gasteiger partial charge in [0, 0.05) is 56.8 Å². The van der Waals surface area contributed by atoms with Gasteiger partial charge >= 0.3 is 6.03 Å². The van der Waals surface area contributed by atoms with E-state index < -0.39 is 6.04 Å². The summed E-state index contributed by atoms with van der Waals surface area (Å²) >= 11 is 0. The van der Waals surface area contributed by atoms with E-state index in [1.807, 2.05) is 47.5 Å². The maximum absolute atomic E-state index is 13.8. The zero-order chi connectivity index (χ0) is 28.0. The largest absolute Gasteiger partial charge is 0.336 e. The summed E-state index contributed by atoms with van der Waals surface area (Å²) in [6.45, 7) is 9.60. The van der Waals surface area contributed by atoms with Gasteiger partial charge in [-0.25, -0.2) is 4.79 Å². The van der Waals surface area contributed by atoms with Gasteiger partial charge in [-0.2, -0.15) is 5.10 Å². The van der Waals surface area contributed by atoms with Crippen LogP contribution in [0.25, 0.3) is 10.9 Å². The summed E-state index contributed by atoms with van der Waals surface area (Å²) in [5, 5.41) is 14.3. The average Bonchev–Trinajstić information content (AvgIpc) is 3.37. The first-order valence-electron chi connectivity index (χ1n) is 14.1. The fraction of sp³-hybridized carbons (Fsp3) is 0.467. The predicted molar refractivity (Wildman–Crippen MR) is 153 cm³/mol. The van der Waals surface area contributed by atoms with E-state index in [0.717, 1.165) is 33.3 Å². The number of urea groups is 1. The van der Waals surface area contributed by atoms with Crippen molar-refractivity contribution in [3.63, 3.8) is 0 Å². The van der Waals surface area contributed by atoms with Gasteiger partial charge in [0.25, 0.3) is 0 Å². The van der Waals surface area contributed by atoms with Gasteiger partial charge in [-0.1, -0.05) is 45.0 Å². The molecule has 1 aromatic heterocycles. The summed E-state index contributed by atoms with van der Waals surface area (Å²) in [4.78, 5) is 45.8. The van der Waals surface area contributed by atoms with E-state index in [1.165, 1.54) is 0 Å². The van der Waals surface area contributed by atoms with Crippen LogP contribution in [0.15, 0.2) is 42.6 Å². The molecule has 0 aliphatic carbocycles. The Kier molecular flexibility index (Phi) is 6.74. The second-order valence-corrected chi connectivity index (χ2v) is 12.4. The molecule has 0 spiro atoms. The van der Waals surface area contributed by atoms with Crippen LogP contribution in [0.4, 0.5) is 10.5 Å². The first-order chi connectivity index (χ1) is 19.2. The molecule has 3 aliphatic rings. The Bertz CT molecular complexity index is 1450. The van der Waals surface area contributed by atoms with E-state index in [2.05, 4.69) is 46.5 Å². The van der Waals surface area contributed by atoms with Gasteiger partial charge in [0.2, 0.25) is 11.8 Å². The van der Waals surface area contributed by atoms with Crippen molar-refractivity contribution >= 4 is 34.4 Å². The van der Waals surface area contributed by atoms with Gasteiger partial charge in [-0.15, -0.1) is 0 Å². The third-order valence-corrected chi connectivity index (χ3v) is 8.21. The summed E-state index contributed by atoms with van der Waals surface area (Å²) in [7, 11) is 0. The number of hydrogen-bond acceptors (Lipinski definition) is 5. The Morgan fingerprint density at radius 1 is 1.02 bits per heavy atom. The van der Waals surface area contributed by atoms with Gasteiger partial charge in [0.15, 0.2) is 0 Å². The van der Waals surface area contributed by atoms with Gasteiger partial charge in [0.05, 0.1) is 17.8 Å². The first kappa shape index (κ1) is 26.3. The molecule has 10 nitrogen and oxygen atoms in total. The monoisotopic (exact) mass is 543 g/mol. The number of aromatic nitrogens is 2. The lowest BCUT2D eigenvalue weighted by atomic mass is 9.95. The van der Waals surface area contributed by atoms with Crippen molar-refractivity contribution in [1.82, 2.24) is 30.2 Å². The van der Waals surface area contributed by atoms with Crippen LogP contribution in [0.1, 0.15) is 37.5 Å². The summed E-state index contributed by atoms with van der Waals surface area (Å²) in [5.41, 5.74) is 5.00. The van der Waals surface area contributed by atoms with E-state index in [0.29, 0.717) is 52.1 Å². The minimum atomic E-state index is -0.654. The molecule has 10 heteroatoms. The van der Waals surface area contributed by atoms with Crippen molar-refractivity contribution < 1.29 is 14.4 Å². The Balaban J connectivity index is 1.14. The van der Waals surface area contributed by atoms with E-state index in [4.69, 9.17) is 0 Å². The zero-order valence-electron chi connectivity index (χ0n) is 23.4. The number of amides is 4. The number of nitrogens with one attached hydrogen (secondary N) is 3. The molecule has 3 aromatic rings. The van der Waals surface area contributed by atoms with Gasteiger partial charge in [-0.05, 0) is 40.7 Å². The molecule has 0 radical (unpaired) electrons. The Labute approximate surface area is 234 Å². The molecule has 3 aliphatic heterocycles. The SMILES string of the molecule is CC(C)(C)CN1Cc2c(ccc3[nH]ncc23)C[C@@H](NC(=O)N2CCN(C3Cc4ccccc4NC3=O)CC2)C1=O. The fourth-order valence-corrected chi connectivity index (χ4v) is 6.22. The summed E-state index contributed by atoms with van der Waals surface area (Å²) in [6, 6.07) is 10.8. The van der Waals surface area contributed by atoms with Crippen LogP contribution in [-0.4, -0.2) is 87.6 Å². The highest BCUT2D eigenvalue weighted by Gasteiger charge is 2.37. The smallest absolute Gasteiger partial charge is 0.318 e. The highest BCUT2D eigenvalue weighted by molar-refractivity contribution is 5.98. The van der Waals surface area contributed by atoms with Crippen molar-refractivity contribution in [3.05, 3.63) is 59.3 Å². The highest BCUT2D eigenvalue weighted by Crippen LogP contribution is 2.29. The number of aromatic amines is 1. The minimum Gasteiger partial charge on any atom is -0.336 e. The van der Waals surface area contributed by atoms with Crippen molar-refractivity contribution in [2.45, 2.75) is 52.2 Å². The molecule has 40 heavy (non-hydrogen) atoms. The fourth-order valence-electron chi connectivity index (χ4n) is 6.22. The maximum Gasteiger partial charge on any atom is 0.318 e. The number of H-pyrrole nitrogens is 1. The molecular formula is C30H37N7O3. The molecule has 1 fully saturated rings. The van der Waals surface area contributed by atoms with Crippen LogP contribution in [0.2, 0.25) is 0 Å². The third-order valence-electron chi connectivity index (χ3n) is 8.21. The summed E-state index contributed by atoms with van der Waals surface area (Å²) in [5.74, 6) is -0.0581. The topological polar surface area (TPSA) is 114 Å².